The summed E-state index contributed by atoms with van der Waals surface area (Å²) in [7, 11) is 4.30. The van der Waals surface area contributed by atoms with Gasteiger partial charge in [0.1, 0.15) is 0 Å². The normalized spacial score (nSPS) is 23.6. The molecule has 2 unspecified atom stereocenters. The molecule has 0 aromatic heterocycles. The molecule has 5 nitrogen and oxygen atoms in total. The van der Waals surface area contributed by atoms with Gasteiger partial charge in [0, 0.05) is 38.3 Å². The Labute approximate surface area is 117 Å². The number of carbonyl (C=O) groups excluding carboxylic acids is 1. The topological polar surface area (TPSA) is 47.6 Å². The molecule has 112 valence electrons. The summed E-state index contributed by atoms with van der Waals surface area (Å²) in [6.07, 6.45) is 0. The number of likely N-dealkylation sites (N-methyl/N-ethyl adjacent to an activating group) is 2. The number of piperazine rings is 1. The number of carbonyl (C=O) groups is 1. The summed E-state index contributed by atoms with van der Waals surface area (Å²) in [4.78, 5) is 16.5. The zero-order chi connectivity index (χ0) is 14.4. The van der Waals surface area contributed by atoms with Crippen molar-refractivity contribution in [3.05, 3.63) is 0 Å². The van der Waals surface area contributed by atoms with E-state index in [-0.39, 0.29) is 11.9 Å². The summed E-state index contributed by atoms with van der Waals surface area (Å²) in [6.45, 7) is 10.8. The first kappa shape index (κ1) is 16.4. The van der Waals surface area contributed by atoms with E-state index in [4.69, 9.17) is 0 Å². The van der Waals surface area contributed by atoms with Gasteiger partial charge in [-0.15, -0.1) is 0 Å². The van der Waals surface area contributed by atoms with Crippen LogP contribution in [0.1, 0.15) is 20.8 Å². The molecule has 19 heavy (non-hydrogen) atoms. The second-order valence-corrected chi connectivity index (χ2v) is 6.13. The van der Waals surface area contributed by atoms with Gasteiger partial charge in [-0.3, -0.25) is 9.69 Å². The highest BCUT2D eigenvalue weighted by Gasteiger charge is 2.21. The standard InChI is InChI=1S/C14H30N4O/c1-11(2)12(3)16-14(19)9-15-8-13-10-17(4)6-7-18(13)5/h11-13,15H,6-10H2,1-5H3,(H,16,19). The second-order valence-electron chi connectivity index (χ2n) is 6.13. The van der Waals surface area contributed by atoms with Crippen molar-refractivity contribution in [2.45, 2.75) is 32.9 Å². The van der Waals surface area contributed by atoms with Gasteiger partial charge >= 0.3 is 0 Å². The molecule has 1 aliphatic rings. The van der Waals surface area contributed by atoms with Crippen molar-refractivity contribution in [2.24, 2.45) is 5.92 Å². The van der Waals surface area contributed by atoms with E-state index in [9.17, 15) is 4.79 Å². The number of rotatable bonds is 6. The van der Waals surface area contributed by atoms with Crippen LogP contribution >= 0.6 is 0 Å². The Bertz CT molecular complexity index is 283. The molecule has 0 saturated carbocycles. The smallest absolute Gasteiger partial charge is 0.234 e. The van der Waals surface area contributed by atoms with Crippen LogP contribution in [0.3, 0.4) is 0 Å². The van der Waals surface area contributed by atoms with Gasteiger partial charge in [0.2, 0.25) is 5.91 Å². The third-order valence-electron chi connectivity index (χ3n) is 4.03. The number of amides is 1. The van der Waals surface area contributed by atoms with Crippen LogP contribution in [0, 0.1) is 5.92 Å². The Morgan fingerprint density at radius 3 is 2.58 bits per heavy atom. The summed E-state index contributed by atoms with van der Waals surface area (Å²) < 4.78 is 0. The van der Waals surface area contributed by atoms with Crippen LogP contribution < -0.4 is 10.6 Å². The van der Waals surface area contributed by atoms with E-state index in [2.05, 4.69) is 48.4 Å². The molecule has 2 atom stereocenters. The monoisotopic (exact) mass is 270 g/mol. The molecule has 0 spiro atoms. The summed E-state index contributed by atoms with van der Waals surface area (Å²) in [5.74, 6) is 0.565. The summed E-state index contributed by atoms with van der Waals surface area (Å²) in [6, 6.07) is 0.729. The molecular formula is C14H30N4O. The van der Waals surface area contributed by atoms with E-state index in [0.29, 0.717) is 18.5 Å². The quantitative estimate of drug-likeness (QED) is 0.712. The van der Waals surface area contributed by atoms with Gasteiger partial charge in [0.25, 0.3) is 0 Å². The molecule has 1 amide bonds. The Morgan fingerprint density at radius 1 is 1.26 bits per heavy atom. The largest absolute Gasteiger partial charge is 0.352 e. The molecule has 0 bridgehead atoms. The van der Waals surface area contributed by atoms with Crippen molar-refractivity contribution in [1.29, 1.82) is 0 Å². The van der Waals surface area contributed by atoms with Crippen molar-refractivity contribution in [3.8, 4) is 0 Å². The molecule has 1 saturated heterocycles. The minimum atomic E-state index is 0.0908. The third-order valence-corrected chi connectivity index (χ3v) is 4.03. The molecule has 0 aromatic rings. The maximum absolute atomic E-state index is 11.7. The molecule has 2 N–H and O–H groups in total. The highest BCUT2D eigenvalue weighted by molar-refractivity contribution is 5.78. The van der Waals surface area contributed by atoms with Gasteiger partial charge < -0.3 is 15.5 Å². The molecule has 1 heterocycles. The molecule has 5 heteroatoms. The Hall–Kier alpha value is -0.650. The fraction of sp³-hybridized carbons (Fsp3) is 0.929. The van der Waals surface area contributed by atoms with Crippen LogP contribution in [-0.2, 0) is 4.79 Å². The molecular weight excluding hydrogens is 240 g/mol. The average molecular weight is 270 g/mol. The number of hydrogen-bond donors (Lipinski definition) is 2. The van der Waals surface area contributed by atoms with Gasteiger partial charge in [-0.1, -0.05) is 13.8 Å². The second kappa shape index (κ2) is 7.82. The Kier molecular flexibility index (Phi) is 6.75. The summed E-state index contributed by atoms with van der Waals surface area (Å²) in [5, 5.41) is 6.28. The molecule has 1 fully saturated rings. The molecule has 0 radical (unpaired) electrons. The minimum Gasteiger partial charge on any atom is -0.352 e. The predicted octanol–water partition coefficient (Wildman–Crippen LogP) is -0.0175. The van der Waals surface area contributed by atoms with Crippen molar-refractivity contribution in [3.63, 3.8) is 0 Å². The van der Waals surface area contributed by atoms with Crippen molar-refractivity contribution < 1.29 is 4.79 Å². The summed E-state index contributed by atoms with van der Waals surface area (Å²) >= 11 is 0. The lowest BCUT2D eigenvalue weighted by Crippen LogP contribution is -2.54. The van der Waals surface area contributed by atoms with Crippen LogP contribution in [0.2, 0.25) is 0 Å². The number of nitrogens with zero attached hydrogens (tertiary/aromatic N) is 2. The molecule has 0 aromatic carbocycles. The van der Waals surface area contributed by atoms with Crippen LogP contribution in [0.5, 0.6) is 0 Å². The third kappa shape index (κ3) is 5.89. The van der Waals surface area contributed by atoms with E-state index < -0.39 is 0 Å². The predicted molar refractivity (Wildman–Crippen MR) is 79.2 cm³/mol. The van der Waals surface area contributed by atoms with Gasteiger partial charge in [-0.25, -0.2) is 0 Å². The first-order valence-corrected chi connectivity index (χ1v) is 7.29. The zero-order valence-electron chi connectivity index (χ0n) is 13.1. The first-order valence-electron chi connectivity index (χ1n) is 7.29. The lowest BCUT2D eigenvalue weighted by atomic mass is 10.1. The summed E-state index contributed by atoms with van der Waals surface area (Å²) in [5.41, 5.74) is 0. The highest BCUT2D eigenvalue weighted by atomic mass is 16.1. The lowest BCUT2D eigenvalue weighted by Gasteiger charge is -2.37. The van der Waals surface area contributed by atoms with Crippen LogP contribution in [0.4, 0.5) is 0 Å². The maximum atomic E-state index is 11.7. The molecule has 0 aliphatic carbocycles. The highest BCUT2D eigenvalue weighted by Crippen LogP contribution is 2.04. The Morgan fingerprint density at radius 2 is 1.95 bits per heavy atom. The molecule has 1 rings (SSSR count). The van der Waals surface area contributed by atoms with E-state index in [1.165, 1.54) is 0 Å². The van der Waals surface area contributed by atoms with Crippen molar-refractivity contribution in [2.75, 3.05) is 46.8 Å². The molecule has 1 aliphatic heterocycles. The van der Waals surface area contributed by atoms with Crippen molar-refractivity contribution in [1.82, 2.24) is 20.4 Å². The first-order chi connectivity index (χ1) is 8.90. The lowest BCUT2D eigenvalue weighted by molar-refractivity contribution is -0.121. The van der Waals surface area contributed by atoms with E-state index in [0.717, 1.165) is 26.2 Å². The zero-order valence-corrected chi connectivity index (χ0v) is 13.1. The SMILES string of the molecule is CC(C)C(C)NC(=O)CNCC1CN(C)CCN1C. The van der Waals surface area contributed by atoms with Gasteiger partial charge in [-0.05, 0) is 26.9 Å². The van der Waals surface area contributed by atoms with E-state index in [1.54, 1.807) is 0 Å². The van der Waals surface area contributed by atoms with Crippen molar-refractivity contribution >= 4 is 5.91 Å². The van der Waals surface area contributed by atoms with Crippen LogP contribution in [0.25, 0.3) is 0 Å². The van der Waals surface area contributed by atoms with Gasteiger partial charge in [0.15, 0.2) is 0 Å². The minimum absolute atomic E-state index is 0.0908. The van der Waals surface area contributed by atoms with Gasteiger partial charge in [-0.2, -0.15) is 0 Å². The maximum Gasteiger partial charge on any atom is 0.234 e. The van der Waals surface area contributed by atoms with E-state index >= 15 is 0 Å². The number of hydrogen-bond acceptors (Lipinski definition) is 4. The number of nitrogens with one attached hydrogen (secondary N) is 2. The fourth-order valence-electron chi connectivity index (χ4n) is 2.15. The Balaban J connectivity index is 2.20. The van der Waals surface area contributed by atoms with Crippen LogP contribution in [-0.4, -0.2) is 74.6 Å². The average Bonchev–Trinajstić information content (AvgIpc) is 2.33. The fourth-order valence-corrected chi connectivity index (χ4v) is 2.15. The van der Waals surface area contributed by atoms with Gasteiger partial charge in [0.05, 0.1) is 6.54 Å². The van der Waals surface area contributed by atoms with Crippen LogP contribution in [0.15, 0.2) is 0 Å². The van der Waals surface area contributed by atoms with E-state index in [1.807, 2.05) is 6.92 Å².